The summed E-state index contributed by atoms with van der Waals surface area (Å²) in [4.78, 5) is 0. The van der Waals surface area contributed by atoms with Crippen molar-refractivity contribution in [1.29, 1.82) is 0 Å². The number of aliphatic hydroxyl groups is 1. The number of halogens is 1. The molecule has 1 aromatic carbocycles. The van der Waals surface area contributed by atoms with Gasteiger partial charge in [-0.15, -0.1) is 0 Å². The Hall–Kier alpha value is -0.580. The van der Waals surface area contributed by atoms with Crippen LogP contribution >= 0.6 is 15.9 Å². The zero-order valence-electron chi connectivity index (χ0n) is 9.86. The fourth-order valence-corrected chi connectivity index (χ4v) is 1.96. The normalized spacial score (nSPS) is 16.9. The van der Waals surface area contributed by atoms with Crippen molar-refractivity contribution in [3.05, 3.63) is 28.2 Å². The average molecular weight is 301 g/mol. The molecule has 0 unspecified atom stereocenters. The summed E-state index contributed by atoms with van der Waals surface area (Å²) < 4.78 is 11.9. The topological polar surface area (TPSA) is 38.7 Å². The van der Waals surface area contributed by atoms with E-state index in [9.17, 15) is 5.11 Å². The summed E-state index contributed by atoms with van der Waals surface area (Å²) in [6.07, 6.45) is 2.00. The zero-order chi connectivity index (χ0) is 12.3. The van der Waals surface area contributed by atoms with Crippen LogP contribution in [-0.4, -0.2) is 18.5 Å². The van der Waals surface area contributed by atoms with Crippen molar-refractivity contribution in [2.45, 2.75) is 25.9 Å². The Labute approximate surface area is 110 Å². The van der Waals surface area contributed by atoms with E-state index in [1.807, 2.05) is 18.2 Å². The highest BCUT2D eigenvalue weighted by atomic mass is 79.9. The first-order valence-corrected chi connectivity index (χ1v) is 6.64. The van der Waals surface area contributed by atoms with E-state index in [0.29, 0.717) is 5.75 Å². The molecule has 1 fully saturated rings. The molecule has 1 aliphatic carbocycles. The maximum Gasteiger partial charge on any atom is 0.189 e. The molecule has 1 aromatic rings. The summed E-state index contributed by atoms with van der Waals surface area (Å²) in [6, 6.07) is 5.59. The van der Waals surface area contributed by atoms with E-state index in [1.54, 1.807) is 6.92 Å². The second kappa shape index (κ2) is 5.85. The van der Waals surface area contributed by atoms with Gasteiger partial charge < -0.3 is 14.6 Å². The first kappa shape index (κ1) is 12.9. The number of ether oxygens (including phenoxy) is 2. The van der Waals surface area contributed by atoms with Gasteiger partial charge in [0.05, 0.1) is 12.7 Å². The fraction of sp³-hybridized carbons (Fsp3) is 0.538. The molecule has 2 rings (SSSR count). The molecule has 0 bridgehead atoms. The predicted octanol–water partition coefficient (Wildman–Crippen LogP) is 3.27. The Morgan fingerprint density at radius 2 is 2.24 bits per heavy atom. The van der Waals surface area contributed by atoms with Gasteiger partial charge in [-0.1, -0.05) is 15.9 Å². The molecule has 1 atom stereocenters. The maximum absolute atomic E-state index is 9.64. The monoisotopic (exact) mass is 300 g/mol. The second-order valence-corrected chi connectivity index (χ2v) is 5.35. The van der Waals surface area contributed by atoms with Crippen LogP contribution in [0.4, 0.5) is 0 Å². The smallest absolute Gasteiger partial charge is 0.189 e. The SMILES string of the molecule is C[C@H](O)c1cc(Br)ccc1OCOCC1CC1. The van der Waals surface area contributed by atoms with Crippen molar-refractivity contribution in [2.75, 3.05) is 13.4 Å². The van der Waals surface area contributed by atoms with Crippen molar-refractivity contribution in [1.82, 2.24) is 0 Å². The van der Waals surface area contributed by atoms with Crippen LogP contribution in [0.1, 0.15) is 31.4 Å². The number of hydrogen-bond donors (Lipinski definition) is 1. The summed E-state index contributed by atoms with van der Waals surface area (Å²) >= 11 is 3.38. The molecule has 0 spiro atoms. The Morgan fingerprint density at radius 3 is 2.88 bits per heavy atom. The lowest BCUT2D eigenvalue weighted by atomic mass is 10.1. The lowest BCUT2D eigenvalue weighted by molar-refractivity contribution is 0.00830. The molecule has 1 N–H and O–H groups in total. The molecule has 0 aromatic heterocycles. The average Bonchev–Trinajstić information content (AvgIpc) is 3.09. The predicted molar refractivity (Wildman–Crippen MR) is 68.9 cm³/mol. The number of benzene rings is 1. The summed E-state index contributed by atoms with van der Waals surface area (Å²) in [5.41, 5.74) is 0.773. The largest absolute Gasteiger partial charge is 0.467 e. The molecule has 17 heavy (non-hydrogen) atoms. The van der Waals surface area contributed by atoms with E-state index >= 15 is 0 Å². The first-order valence-electron chi connectivity index (χ1n) is 5.85. The molecule has 1 saturated carbocycles. The summed E-state index contributed by atoms with van der Waals surface area (Å²) in [5, 5.41) is 9.64. The molecule has 3 nitrogen and oxygen atoms in total. The molecular weight excluding hydrogens is 284 g/mol. The quantitative estimate of drug-likeness (QED) is 0.647. The van der Waals surface area contributed by atoms with Gasteiger partial charge >= 0.3 is 0 Å². The Morgan fingerprint density at radius 1 is 1.47 bits per heavy atom. The van der Waals surface area contributed by atoms with Crippen molar-refractivity contribution in [2.24, 2.45) is 5.92 Å². The van der Waals surface area contributed by atoms with E-state index in [2.05, 4.69) is 15.9 Å². The minimum absolute atomic E-state index is 0.248. The van der Waals surface area contributed by atoms with Crippen molar-refractivity contribution in [3.8, 4) is 5.75 Å². The van der Waals surface area contributed by atoms with Gasteiger partial charge in [0.15, 0.2) is 6.79 Å². The van der Waals surface area contributed by atoms with Gasteiger partial charge in [-0.05, 0) is 43.9 Å². The summed E-state index contributed by atoms with van der Waals surface area (Å²) in [7, 11) is 0. The summed E-state index contributed by atoms with van der Waals surface area (Å²) in [6.45, 7) is 2.75. The van der Waals surface area contributed by atoms with Gasteiger partial charge in [-0.3, -0.25) is 0 Å². The van der Waals surface area contributed by atoms with Gasteiger partial charge in [0.1, 0.15) is 5.75 Å². The molecule has 0 amide bonds. The highest BCUT2D eigenvalue weighted by Crippen LogP contribution is 2.30. The van der Waals surface area contributed by atoms with E-state index in [1.165, 1.54) is 12.8 Å². The van der Waals surface area contributed by atoms with Gasteiger partial charge in [0.25, 0.3) is 0 Å². The van der Waals surface area contributed by atoms with Crippen LogP contribution in [-0.2, 0) is 4.74 Å². The van der Waals surface area contributed by atoms with E-state index in [4.69, 9.17) is 9.47 Å². The van der Waals surface area contributed by atoms with Crippen LogP contribution in [0.25, 0.3) is 0 Å². The zero-order valence-corrected chi connectivity index (χ0v) is 11.4. The van der Waals surface area contributed by atoms with Gasteiger partial charge in [0, 0.05) is 10.0 Å². The molecular formula is C13H17BrO3. The molecule has 1 aliphatic rings. The molecule has 94 valence electrons. The first-order chi connectivity index (χ1) is 8.16. The van der Waals surface area contributed by atoms with Crippen molar-refractivity contribution < 1.29 is 14.6 Å². The highest BCUT2D eigenvalue weighted by Gasteiger charge is 2.21. The molecule has 0 heterocycles. The fourth-order valence-electron chi connectivity index (χ4n) is 1.58. The van der Waals surface area contributed by atoms with Crippen LogP contribution < -0.4 is 4.74 Å². The maximum atomic E-state index is 9.64. The Kier molecular flexibility index (Phi) is 4.42. The Bertz CT molecular complexity index is 375. The highest BCUT2D eigenvalue weighted by molar-refractivity contribution is 9.10. The number of rotatable bonds is 6. The second-order valence-electron chi connectivity index (χ2n) is 4.43. The number of aliphatic hydroxyl groups excluding tert-OH is 1. The summed E-state index contributed by atoms with van der Waals surface area (Å²) in [5.74, 6) is 1.42. The van der Waals surface area contributed by atoms with Crippen LogP contribution in [0.15, 0.2) is 22.7 Å². The third-order valence-electron chi connectivity index (χ3n) is 2.77. The van der Waals surface area contributed by atoms with Crippen LogP contribution in [0.5, 0.6) is 5.75 Å². The molecule has 0 aliphatic heterocycles. The lowest BCUT2D eigenvalue weighted by Crippen LogP contribution is -2.07. The molecule has 0 radical (unpaired) electrons. The van der Waals surface area contributed by atoms with E-state index in [0.717, 1.165) is 22.6 Å². The van der Waals surface area contributed by atoms with Crippen LogP contribution in [0.3, 0.4) is 0 Å². The number of hydrogen-bond acceptors (Lipinski definition) is 3. The molecule has 4 heteroatoms. The van der Waals surface area contributed by atoms with Gasteiger partial charge in [0.2, 0.25) is 0 Å². The van der Waals surface area contributed by atoms with E-state index < -0.39 is 6.10 Å². The van der Waals surface area contributed by atoms with Crippen molar-refractivity contribution in [3.63, 3.8) is 0 Å². The minimum Gasteiger partial charge on any atom is -0.467 e. The lowest BCUT2D eigenvalue weighted by Gasteiger charge is -2.13. The van der Waals surface area contributed by atoms with E-state index in [-0.39, 0.29) is 6.79 Å². The Balaban J connectivity index is 1.89. The third kappa shape index (κ3) is 3.98. The molecule has 0 saturated heterocycles. The van der Waals surface area contributed by atoms with Crippen LogP contribution in [0.2, 0.25) is 0 Å². The third-order valence-corrected chi connectivity index (χ3v) is 3.26. The standard InChI is InChI=1S/C13H17BrO3/c1-9(15)12-6-11(14)4-5-13(12)17-8-16-7-10-2-3-10/h4-6,9-10,15H,2-3,7-8H2,1H3/t9-/m0/s1. The van der Waals surface area contributed by atoms with Crippen LogP contribution in [0, 0.1) is 5.92 Å². The van der Waals surface area contributed by atoms with Gasteiger partial charge in [-0.25, -0.2) is 0 Å². The minimum atomic E-state index is -0.550. The van der Waals surface area contributed by atoms with Gasteiger partial charge in [-0.2, -0.15) is 0 Å². The van der Waals surface area contributed by atoms with Crippen molar-refractivity contribution >= 4 is 15.9 Å².